The van der Waals surface area contributed by atoms with E-state index in [4.69, 9.17) is 8.92 Å². The van der Waals surface area contributed by atoms with Crippen LogP contribution in [-0.4, -0.2) is 18.6 Å². The first-order valence-electron chi connectivity index (χ1n) is 5.31. The molecule has 0 aromatic rings. The van der Waals surface area contributed by atoms with Crippen LogP contribution in [-0.2, 0) is 0 Å². The van der Waals surface area contributed by atoms with Crippen molar-refractivity contribution < 1.29 is 0 Å². The van der Waals surface area contributed by atoms with Gasteiger partial charge in [-0.25, -0.2) is 0 Å². The normalized spacial score (nSPS) is 11.0. The third-order valence-electron chi connectivity index (χ3n) is 2.19. The Morgan fingerprint density at radius 1 is 0.917 bits per heavy atom. The van der Waals surface area contributed by atoms with Crippen LogP contribution in [0.3, 0.4) is 0 Å². The molecule has 12 heavy (non-hydrogen) atoms. The topological polar surface area (TPSA) is 0 Å². The second-order valence-electron chi connectivity index (χ2n) is 3.39. The first-order valence-corrected chi connectivity index (χ1v) is 13.0. The van der Waals surface area contributed by atoms with Gasteiger partial charge in [0.2, 0.25) is 0 Å². The molecule has 1 radical (unpaired) electrons. The fourth-order valence-electron chi connectivity index (χ4n) is 1.27. The molecule has 0 heterocycles. The second kappa shape index (κ2) is 10.2. The van der Waals surface area contributed by atoms with E-state index in [-0.39, 0.29) is 0 Å². The zero-order valence-corrected chi connectivity index (χ0v) is 12.1. The Morgan fingerprint density at radius 3 is 2.08 bits per heavy atom. The van der Waals surface area contributed by atoms with Gasteiger partial charge in [0.25, 0.3) is 0 Å². The molecule has 0 N–H and O–H groups in total. The maximum absolute atomic E-state index is 6.20. The Balaban J connectivity index is 2.90. The summed E-state index contributed by atoms with van der Waals surface area (Å²) in [5, 5.41) is 0. The predicted octanol–water partition coefficient (Wildman–Crippen LogP) is 4.60. The van der Waals surface area contributed by atoms with Crippen molar-refractivity contribution in [1.82, 2.24) is 0 Å². The summed E-state index contributed by atoms with van der Waals surface area (Å²) in [5.41, 5.74) is 0. The molecule has 0 unspecified atom stereocenters. The van der Waals surface area contributed by atoms with E-state index in [1.807, 2.05) is 0 Å². The Labute approximate surface area is 88.5 Å². The van der Waals surface area contributed by atoms with Gasteiger partial charge in [-0.05, 0) is 0 Å². The molecule has 0 saturated heterocycles. The third-order valence-corrected chi connectivity index (χ3v) is 9.99. The number of halogens is 1. The van der Waals surface area contributed by atoms with Crippen LogP contribution in [0, 0.1) is 0 Å². The van der Waals surface area contributed by atoms with E-state index in [1.165, 1.54) is 47.4 Å². The van der Waals surface area contributed by atoms with Gasteiger partial charge in [-0.2, -0.15) is 0 Å². The summed E-state index contributed by atoms with van der Waals surface area (Å²) in [6, 6.07) is 0. The van der Waals surface area contributed by atoms with Crippen LogP contribution in [0.25, 0.3) is 0 Å². The first kappa shape index (κ1) is 13.1. The summed E-state index contributed by atoms with van der Waals surface area (Å²) < 4.78 is 2.73. The van der Waals surface area contributed by atoms with Crippen LogP contribution in [0.5, 0.6) is 0 Å². The van der Waals surface area contributed by atoms with Gasteiger partial charge in [0.15, 0.2) is 0 Å². The van der Waals surface area contributed by atoms with Crippen molar-refractivity contribution in [3.63, 3.8) is 0 Å². The fourth-order valence-corrected chi connectivity index (χ4v) is 4.99. The maximum atomic E-state index is 6.20. The second-order valence-corrected chi connectivity index (χ2v) is 13.4. The summed E-state index contributed by atoms with van der Waals surface area (Å²) in [4.78, 5) is 0. The van der Waals surface area contributed by atoms with Crippen LogP contribution in [0.15, 0.2) is 0 Å². The molecule has 0 fully saturated rings. The molecule has 0 bridgehead atoms. The van der Waals surface area contributed by atoms with E-state index in [1.54, 1.807) is 0 Å². The van der Waals surface area contributed by atoms with E-state index in [0.29, 0.717) is 0 Å². The molecule has 0 aromatic heterocycles. The number of hydrogen-bond acceptors (Lipinski definition) is 0. The van der Waals surface area contributed by atoms with Gasteiger partial charge in [0.1, 0.15) is 0 Å². The summed E-state index contributed by atoms with van der Waals surface area (Å²) in [5.74, 6) is 0. The summed E-state index contributed by atoms with van der Waals surface area (Å²) in [6.45, 7) is 4.51. The predicted molar refractivity (Wildman–Crippen MR) is 60.3 cm³/mol. The van der Waals surface area contributed by atoms with Crippen molar-refractivity contribution in [3.05, 3.63) is 0 Å². The zero-order chi connectivity index (χ0) is 9.23. The van der Waals surface area contributed by atoms with E-state index < -0.39 is 18.6 Å². The fraction of sp³-hybridized carbons (Fsp3) is 1.00. The van der Waals surface area contributed by atoms with Crippen molar-refractivity contribution in [2.45, 2.75) is 61.2 Å². The number of unbranched alkanes of at least 4 members (excludes halogenated alkanes) is 5. The van der Waals surface area contributed by atoms with Crippen molar-refractivity contribution in [2.24, 2.45) is 0 Å². The van der Waals surface area contributed by atoms with Gasteiger partial charge in [-0.1, -0.05) is 0 Å². The molecule has 0 aliphatic heterocycles. The zero-order valence-electron chi connectivity index (χ0n) is 8.53. The number of rotatable bonds is 8. The van der Waals surface area contributed by atoms with Gasteiger partial charge in [0, 0.05) is 0 Å². The average Bonchev–Trinajstić information content (AvgIpc) is 2.10. The summed E-state index contributed by atoms with van der Waals surface area (Å²) in [7, 11) is 6.20. The van der Waals surface area contributed by atoms with Crippen LogP contribution in [0.2, 0.25) is 8.87 Å². The first-order chi connectivity index (χ1) is 5.81. The van der Waals surface area contributed by atoms with E-state index in [2.05, 4.69) is 13.8 Å². The van der Waals surface area contributed by atoms with Gasteiger partial charge in [0.05, 0.1) is 0 Å². The molecular formula is C10H22ClSn. The van der Waals surface area contributed by atoms with E-state index >= 15 is 0 Å². The molecule has 0 aromatic carbocycles. The molecule has 0 spiro atoms. The summed E-state index contributed by atoms with van der Waals surface area (Å²) in [6.07, 6.45) is 8.48. The SMILES string of the molecule is CCCCCCC[CH2][Sn]([Cl])[CH2]C. The minimum absolute atomic E-state index is 1.27. The van der Waals surface area contributed by atoms with E-state index in [9.17, 15) is 0 Å². The average molecular weight is 296 g/mol. The molecule has 0 rings (SSSR count). The van der Waals surface area contributed by atoms with Gasteiger partial charge in [-0.15, -0.1) is 0 Å². The Morgan fingerprint density at radius 2 is 1.50 bits per heavy atom. The van der Waals surface area contributed by atoms with Gasteiger partial charge in [-0.3, -0.25) is 0 Å². The molecule has 0 saturated carbocycles. The third kappa shape index (κ3) is 9.18. The molecule has 0 aliphatic rings. The number of hydrogen-bond donors (Lipinski definition) is 0. The monoisotopic (exact) mass is 297 g/mol. The quantitative estimate of drug-likeness (QED) is 0.454. The Bertz CT molecular complexity index is 85.9. The molecule has 2 heteroatoms. The van der Waals surface area contributed by atoms with Crippen molar-refractivity contribution in [3.8, 4) is 0 Å². The minimum atomic E-state index is -1.27. The van der Waals surface area contributed by atoms with Gasteiger partial charge < -0.3 is 0 Å². The molecular weight excluding hydrogens is 274 g/mol. The molecule has 0 amide bonds. The van der Waals surface area contributed by atoms with Crippen LogP contribution in [0.1, 0.15) is 52.4 Å². The molecule has 0 aliphatic carbocycles. The Hall–Kier alpha value is 1.09. The van der Waals surface area contributed by atoms with Crippen LogP contribution in [0.4, 0.5) is 0 Å². The van der Waals surface area contributed by atoms with Crippen molar-refractivity contribution in [2.75, 3.05) is 0 Å². The van der Waals surface area contributed by atoms with E-state index in [0.717, 1.165) is 0 Å². The van der Waals surface area contributed by atoms with Gasteiger partial charge >= 0.3 is 88.8 Å². The molecule has 0 atom stereocenters. The van der Waals surface area contributed by atoms with Crippen LogP contribution < -0.4 is 0 Å². The summed E-state index contributed by atoms with van der Waals surface area (Å²) >= 11 is -1.27. The Kier molecular flexibility index (Phi) is 11.1. The van der Waals surface area contributed by atoms with Crippen molar-refractivity contribution in [1.29, 1.82) is 0 Å². The molecule has 0 nitrogen and oxygen atoms in total. The standard InChI is InChI=1S/C8H17.C2H5.ClH.Sn/c1-3-5-7-8-6-4-2;1-2;;/h1,3-8H2,2H3;1H2,2H3;1H;/q;;;+1/p-1. The van der Waals surface area contributed by atoms with Crippen molar-refractivity contribution >= 4 is 27.6 Å². The molecule has 73 valence electrons. The van der Waals surface area contributed by atoms with Crippen LogP contribution >= 0.6 is 8.92 Å².